The molecule has 1 aliphatic rings. The molecule has 0 spiro atoms. The third-order valence-corrected chi connectivity index (χ3v) is 3.59. The van der Waals surface area contributed by atoms with Gasteiger partial charge in [0.25, 0.3) is 0 Å². The van der Waals surface area contributed by atoms with Crippen molar-refractivity contribution in [2.75, 3.05) is 5.73 Å². The van der Waals surface area contributed by atoms with Crippen LogP contribution in [-0.2, 0) is 0 Å². The molecule has 1 aromatic rings. The van der Waals surface area contributed by atoms with Crippen LogP contribution in [0.2, 0.25) is 0 Å². The minimum absolute atomic E-state index is 0.507. The van der Waals surface area contributed by atoms with Crippen LogP contribution >= 0.6 is 0 Å². The van der Waals surface area contributed by atoms with Crippen LogP contribution in [0, 0.1) is 5.41 Å². The summed E-state index contributed by atoms with van der Waals surface area (Å²) >= 11 is 0. The maximum Gasteiger partial charge on any atom is 0.0316 e. The summed E-state index contributed by atoms with van der Waals surface area (Å²) in [6.07, 6.45) is 5.35. The highest BCUT2D eigenvalue weighted by molar-refractivity contribution is 5.42. The highest BCUT2D eigenvalue weighted by Gasteiger charge is 2.28. The molecular weight excluding hydrogens is 182 g/mol. The monoisotopic (exact) mass is 203 g/mol. The number of nitrogens with two attached hydrogens (primary N) is 1. The summed E-state index contributed by atoms with van der Waals surface area (Å²) in [5, 5.41) is 0. The fourth-order valence-electron chi connectivity index (χ4n) is 2.80. The third kappa shape index (κ3) is 2.53. The predicted octanol–water partition coefficient (Wildman–Crippen LogP) is 3.95. The fourth-order valence-corrected chi connectivity index (χ4v) is 2.80. The van der Waals surface area contributed by atoms with Crippen molar-refractivity contribution in [3.05, 3.63) is 29.8 Å². The van der Waals surface area contributed by atoms with E-state index in [9.17, 15) is 0 Å². The number of rotatable bonds is 1. The van der Waals surface area contributed by atoms with Crippen LogP contribution in [0.4, 0.5) is 5.69 Å². The summed E-state index contributed by atoms with van der Waals surface area (Å²) in [6, 6.07) is 8.41. The first-order valence-electron chi connectivity index (χ1n) is 5.92. The second-order valence-corrected chi connectivity index (χ2v) is 5.63. The zero-order chi connectivity index (χ0) is 10.9. The number of hydrogen-bond acceptors (Lipinski definition) is 1. The molecule has 1 nitrogen and oxygen atoms in total. The molecule has 15 heavy (non-hydrogen) atoms. The van der Waals surface area contributed by atoms with Crippen molar-refractivity contribution in [3.8, 4) is 0 Å². The lowest BCUT2D eigenvalue weighted by Gasteiger charge is -2.35. The van der Waals surface area contributed by atoms with Crippen molar-refractivity contribution in [3.63, 3.8) is 0 Å². The summed E-state index contributed by atoms with van der Waals surface area (Å²) in [5.41, 5.74) is 8.67. The lowest BCUT2D eigenvalue weighted by Crippen LogP contribution is -2.21. The Morgan fingerprint density at radius 1 is 1.33 bits per heavy atom. The average Bonchev–Trinajstić information content (AvgIpc) is 2.16. The molecule has 0 aromatic heterocycles. The average molecular weight is 203 g/mol. The summed E-state index contributed by atoms with van der Waals surface area (Å²) in [6.45, 7) is 4.76. The molecule has 1 aliphatic carbocycles. The van der Waals surface area contributed by atoms with Gasteiger partial charge in [-0.15, -0.1) is 0 Å². The Hall–Kier alpha value is -0.980. The van der Waals surface area contributed by atoms with Gasteiger partial charge in [0.05, 0.1) is 0 Å². The second kappa shape index (κ2) is 3.88. The van der Waals surface area contributed by atoms with Gasteiger partial charge < -0.3 is 5.73 Å². The Bertz CT molecular complexity index is 341. The van der Waals surface area contributed by atoms with Crippen molar-refractivity contribution in [2.24, 2.45) is 5.41 Å². The van der Waals surface area contributed by atoms with E-state index in [0.29, 0.717) is 5.41 Å². The predicted molar refractivity (Wildman–Crippen MR) is 65.8 cm³/mol. The second-order valence-electron chi connectivity index (χ2n) is 5.63. The van der Waals surface area contributed by atoms with E-state index in [0.717, 1.165) is 11.6 Å². The van der Waals surface area contributed by atoms with Gasteiger partial charge in [0.15, 0.2) is 0 Å². The number of anilines is 1. The third-order valence-electron chi connectivity index (χ3n) is 3.59. The summed E-state index contributed by atoms with van der Waals surface area (Å²) < 4.78 is 0. The van der Waals surface area contributed by atoms with Crippen LogP contribution in [0.5, 0.6) is 0 Å². The van der Waals surface area contributed by atoms with Gasteiger partial charge in [0.1, 0.15) is 0 Å². The van der Waals surface area contributed by atoms with Crippen molar-refractivity contribution < 1.29 is 0 Å². The quantitative estimate of drug-likeness (QED) is 0.687. The lowest BCUT2D eigenvalue weighted by atomic mass is 9.70. The molecule has 0 aliphatic heterocycles. The first kappa shape index (κ1) is 10.5. The van der Waals surface area contributed by atoms with Crippen molar-refractivity contribution in [1.29, 1.82) is 0 Å². The molecule has 1 fully saturated rings. The van der Waals surface area contributed by atoms with Crippen LogP contribution in [0.1, 0.15) is 51.0 Å². The van der Waals surface area contributed by atoms with E-state index >= 15 is 0 Å². The normalized spacial score (nSPS) is 25.1. The molecule has 1 saturated carbocycles. The smallest absolute Gasteiger partial charge is 0.0316 e. The van der Waals surface area contributed by atoms with E-state index < -0.39 is 0 Å². The minimum atomic E-state index is 0.507. The molecule has 82 valence electrons. The van der Waals surface area contributed by atoms with Gasteiger partial charge in [0.2, 0.25) is 0 Å². The van der Waals surface area contributed by atoms with Gasteiger partial charge in [-0.2, -0.15) is 0 Å². The minimum Gasteiger partial charge on any atom is -0.399 e. The molecule has 1 heteroatoms. The molecular formula is C14H21N. The maximum absolute atomic E-state index is 5.83. The number of hydrogen-bond donors (Lipinski definition) is 1. The molecule has 0 amide bonds. The molecule has 1 atom stereocenters. The zero-order valence-electron chi connectivity index (χ0n) is 9.79. The Morgan fingerprint density at radius 2 is 2.13 bits per heavy atom. The molecule has 0 unspecified atom stereocenters. The van der Waals surface area contributed by atoms with Gasteiger partial charge in [-0.05, 0) is 48.3 Å². The fraction of sp³-hybridized carbons (Fsp3) is 0.571. The first-order valence-corrected chi connectivity index (χ1v) is 5.92. The van der Waals surface area contributed by atoms with E-state index in [1.54, 1.807) is 0 Å². The Balaban J connectivity index is 2.17. The highest BCUT2D eigenvalue weighted by Crippen LogP contribution is 2.43. The van der Waals surface area contributed by atoms with Crippen LogP contribution in [0.15, 0.2) is 24.3 Å². The Morgan fingerprint density at radius 3 is 2.80 bits per heavy atom. The van der Waals surface area contributed by atoms with Gasteiger partial charge in [-0.3, -0.25) is 0 Å². The SMILES string of the molecule is CC1(C)CCC[C@@H](c2cccc(N)c2)C1. The van der Waals surface area contributed by atoms with Crippen LogP contribution in [0.3, 0.4) is 0 Å². The van der Waals surface area contributed by atoms with E-state index in [2.05, 4.69) is 32.0 Å². The summed E-state index contributed by atoms with van der Waals surface area (Å²) in [7, 11) is 0. The topological polar surface area (TPSA) is 26.0 Å². The van der Waals surface area contributed by atoms with Crippen molar-refractivity contribution in [1.82, 2.24) is 0 Å². The van der Waals surface area contributed by atoms with Gasteiger partial charge in [0, 0.05) is 5.69 Å². The van der Waals surface area contributed by atoms with E-state index in [-0.39, 0.29) is 0 Å². The lowest BCUT2D eigenvalue weighted by molar-refractivity contribution is 0.219. The summed E-state index contributed by atoms with van der Waals surface area (Å²) in [4.78, 5) is 0. The zero-order valence-corrected chi connectivity index (χ0v) is 9.79. The maximum atomic E-state index is 5.83. The van der Waals surface area contributed by atoms with Gasteiger partial charge in [-0.25, -0.2) is 0 Å². The van der Waals surface area contributed by atoms with Crippen LogP contribution in [-0.4, -0.2) is 0 Å². The molecule has 0 bridgehead atoms. The number of nitrogen functional groups attached to an aromatic ring is 1. The van der Waals surface area contributed by atoms with E-state index in [1.807, 2.05) is 6.07 Å². The molecule has 0 heterocycles. The van der Waals surface area contributed by atoms with Crippen molar-refractivity contribution in [2.45, 2.75) is 45.4 Å². The van der Waals surface area contributed by atoms with Gasteiger partial charge >= 0.3 is 0 Å². The van der Waals surface area contributed by atoms with Crippen molar-refractivity contribution >= 4 is 5.69 Å². The molecule has 2 N–H and O–H groups in total. The Kier molecular flexibility index (Phi) is 2.72. The summed E-state index contributed by atoms with van der Waals surface area (Å²) in [5.74, 6) is 0.720. The molecule has 0 saturated heterocycles. The van der Waals surface area contributed by atoms with E-state index in [1.165, 1.54) is 31.2 Å². The molecule has 1 aromatic carbocycles. The van der Waals surface area contributed by atoms with Gasteiger partial charge in [-0.1, -0.05) is 32.4 Å². The Labute approximate surface area is 92.7 Å². The van der Waals surface area contributed by atoms with E-state index in [4.69, 9.17) is 5.73 Å². The van der Waals surface area contributed by atoms with Crippen LogP contribution in [0.25, 0.3) is 0 Å². The number of benzene rings is 1. The largest absolute Gasteiger partial charge is 0.399 e. The first-order chi connectivity index (χ1) is 7.07. The standard InChI is InChI=1S/C14H21N/c1-14(2)8-4-6-12(10-14)11-5-3-7-13(15)9-11/h3,5,7,9,12H,4,6,8,10,15H2,1-2H3/t12-/m1/s1. The molecule has 2 rings (SSSR count). The molecule has 0 radical (unpaired) electrons. The highest BCUT2D eigenvalue weighted by atomic mass is 14.5. The van der Waals surface area contributed by atoms with Crippen LogP contribution < -0.4 is 5.73 Å².